The highest BCUT2D eigenvalue weighted by Crippen LogP contribution is 2.13. The van der Waals surface area contributed by atoms with Gasteiger partial charge in [0.1, 0.15) is 5.82 Å². The lowest BCUT2D eigenvalue weighted by molar-refractivity contribution is 0.0953. The lowest BCUT2D eigenvalue weighted by Gasteiger charge is -2.09. The van der Waals surface area contributed by atoms with Gasteiger partial charge in [-0.15, -0.1) is 0 Å². The molecule has 5 nitrogen and oxygen atoms in total. The highest BCUT2D eigenvalue weighted by molar-refractivity contribution is 14.1. The van der Waals surface area contributed by atoms with Crippen LogP contribution < -0.4 is 10.0 Å². The van der Waals surface area contributed by atoms with Crippen molar-refractivity contribution in [3.63, 3.8) is 0 Å². The van der Waals surface area contributed by atoms with Gasteiger partial charge in [-0.3, -0.25) is 4.79 Å². The van der Waals surface area contributed by atoms with Crippen LogP contribution in [0.15, 0.2) is 53.4 Å². The minimum absolute atomic E-state index is 0.0563. The van der Waals surface area contributed by atoms with Gasteiger partial charge >= 0.3 is 0 Å². The standard InChI is InChI=1S/C15H14FIN2O3S/c16-11-6-7-13(14(17)10-11)15(20)18-8-9-19-23(21,22)12-4-2-1-3-5-12/h1-7,10,19H,8-9H2,(H,18,20). The molecule has 2 rings (SSSR count). The first kappa shape index (κ1) is 17.8. The van der Waals surface area contributed by atoms with E-state index in [2.05, 4.69) is 10.0 Å². The number of nitrogens with one attached hydrogen (secondary N) is 2. The maximum Gasteiger partial charge on any atom is 0.252 e. The number of hydrogen-bond donors (Lipinski definition) is 2. The molecule has 0 radical (unpaired) electrons. The minimum Gasteiger partial charge on any atom is -0.351 e. The fourth-order valence-electron chi connectivity index (χ4n) is 1.81. The number of halogens is 2. The number of rotatable bonds is 6. The van der Waals surface area contributed by atoms with Crippen LogP contribution in [-0.4, -0.2) is 27.4 Å². The first-order chi connectivity index (χ1) is 10.9. The van der Waals surface area contributed by atoms with E-state index in [0.29, 0.717) is 9.13 Å². The molecule has 0 aliphatic carbocycles. The Morgan fingerprint density at radius 3 is 2.43 bits per heavy atom. The summed E-state index contributed by atoms with van der Waals surface area (Å²) in [4.78, 5) is 12.1. The molecule has 0 fully saturated rings. The SMILES string of the molecule is O=C(NCCNS(=O)(=O)c1ccccc1)c1ccc(F)cc1I. The van der Waals surface area contributed by atoms with Crippen LogP contribution in [-0.2, 0) is 10.0 Å². The second kappa shape index (κ2) is 7.84. The average molecular weight is 448 g/mol. The Bertz CT molecular complexity index is 798. The molecule has 0 spiro atoms. The van der Waals surface area contributed by atoms with E-state index in [1.807, 2.05) is 22.6 Å². The molecule has 0 atom stereocenters. The fourth-order valence-corrected chi connectivity index (χ4v) is 3.59. The molecular weight excluding hydrogens is 434 g/mol. The molecule has 0 saturated heterocycles. The summed E-state index contributed by atoms with van der Waals surface area (Å²) < 4.78 is 39.8. The molecule has 23 heavy (non-hydrogen) atoms. The van der Waals surface area contributed by atoms with Gasteiger partial charge in [-0.2, -0.15) is 0 Å². The van der Waals surface area contributed by atoms with Gasteiger partial charge in [0, 0.05) is 16.7 Å². The topological polar surface area (TPSA) is 75.3 Å². The summed E-state index contributed by atoms with van der Waals surface area (Å²) in [6.07, 6.45) is 0. The van der Waals surface area contributed by atoms with Crippen LogP contribution >= 0.6 is 22.6 Å². The smallest absolute Gasteiger partial charge is 0.252 e. The summed E-state index contributed by atoms with van der Waals surface area (Å²) in [5.41, 5.74) is 0.345. The number of carbonyl (C=O) groups is 1. The highest BCUT2D eigenvalue weighted by Gasteiger charge is 2.13. The van der Waals surface area contributed by atoms with Crippen molar-refractivity contribution < 1.29 is 17.6 Å². The zero-order valence-electron chi connectivity index (χ0n) is 11.9. The molecule has 0 aromatic heterocycles. The number of carbonyl (C=O) groups excluding carboxylic acids is 1. The van der Waals surface area contributed by atoms with Crippen LogP contribution in [0.1, 0.15) is 10.4 Å². The number of amides is 1. The molecule has 0 aliphatic heterocycles. The van der Waals surface area contributed by atoms with Crippen LogP contribution in [0.2, 0.25) is 0 Å². The fraction of sp³-hybridized carbons (Fsp3) is 0.133. The van der Waals surface area contributed by atoms with E-state index < -0.39 is 15.8 Å². The van der Waals surface area contributed by atoms with E-state index >= 15 is 0 Å². The zero-order valence-corrected chi connectivity index (χ0v) is 14.9. The molecule has 0 saturated carbocycles. The highest BCUT2D eigenvalue weighted by atomic mass is 127. The van der Waals surface area contributed by atoms with Crippen molar-refractivity contribution in [2.24, 2.45) is 0 Å². The molecule has 0 unspecified atom stereocenters. The second-order valence-electron chi connectivity index (χ2n) is 4.59. The maximum atomic E-state index is 13.0. The van der Waals surface area contributed by atoms with E-state index in [1.54, 1.807) is 18.2 Å². The second-order valence-corrected chi connectivity index (χ2v) is 7.52. The predicted octanol–water partition coefficient (Wildman–Crippen LogP) is 2.14. The zero-order chi connectivity index (χ0) is 16.9. The molecule has 8 heteroatoms. The molecule has 0 aliphatic rings. The van der Waals surface area contributed by atoms with E-state index in [9.17, 15) is 17.6 Å². The van der Waals surface area contributed by atoms with Crippen molar-refractivity contribution in [3.05, 3.63) is 63.5 Å². The van der Waals surface area contributed by atoms with E-state index in [0.717, 1.165) is 0 Å². The summed E-state index contributed by atoms with van der Waals surface area (Å²) in [5, 5.41) is 2.59. The van der Waals surface area contributed by atoms with Gasteiger partial charge in [-0.1, -0.05) is 18.2 Å². The third kappa shape index (κ3) is 4.98. The molecule has 1 amide bonds. The third-order valence-corrected chi connectivity index (χ3v) is 5.30. The van der Waals surface area contributed by atoms with Crippen LogP contribution in [0, 0.1) is 9.39 Å². The third-order valence-electron chi connectivity index (χ3n) is 2.93. The van der Waals surface area contributed by atoms with Crippen LogP contribution in [0.3, 0.4) is 0 Å². The molecule has 0 bridgehead atoms. The van der Waals surface area contributed by atoms with Gasteiger partial charge in [-0.25, -0.2) is 17.5 Å². The Kier molecular flexibility index (Phi) is 6.08. The molecule has 122 valence electrons. The Hall–Kier alpha value is -1.52. The van der Waals surface area contributed by atoms with Gasteiger partial charge in [0.15, 0.2) is 0 Å². The van der Waals surface area contributed by atoms with Gasteiger partial charge in [-0.05, 0) is 52.9 Å². The van der Waals surface area contributed by atoms with E-state index in [4.69, 9.17) is 0 Å². The molecular formula is C15H14FIN2O3S. The summed E-state index contributed by atoms with van der Waals surface area (Å²) >= 11 is 1.87. The summed E-state index contributed by atoms with van der Waals surface area (Å²) in [6.45, 7) is 0.180. The monoisotopic (exact) mass is 448 g/mol. The molecule has 2 N–H and O–H groups in total. The first-order valence-electron chi connectivity index (χ1n) is 6.68. The minimum atomic E-state index is -3.59. The van der Waals surface area contributed by atoms with Gasteiger partial charge < -0.3 is 5.32 Å². The van der Waals surface area contributed by atoms with Crippen molar-refractivity contribution >= 4 is 38.5 Å². The Balaban J connectivity index is 1.87. The number of sulfonamides is 1. The Morgan fingerprint density at radius 1 is 1.09 bits per heavy atom. The Labute approximate surface area is 147 Å². The Morgan fingerprint density at radius 2 is 1.78 bits per heavy atom. The summed E-state index contributed by atoms with van der Waals surface area (Å²) in [5.74, 6) is -0.796. The van der Waals surface area contributed by atoms with Crippen molar-refractivity contribution in [2.75, 3.05) is 13.1 Å². The quantitative estimate of drug-likeness (QED) is 0.526. The number of hydrogen-bond acceptors (Lipinski definition) is 3. The molecule has 0 heterocycles. The molecule has 2 aromatic carbocycles. The summed E-state index contributed by atoms with van der Waals surface area (Å²) in [6, 6.07) is 11.8. The summed E-state index contributed by atoms with van der Waals surface area (Å²) in [7, 11) is -3.59. The lowest BCUT2D eigenvalue weighted by atomic mass is 10.2. The maximum absolute atomic E-state index is 13.0. The van der Waals surface area contributed by atoms with Gasteiger partial charge in [0.2, 0.25) is 10.0 Å². The van der Waals surface area contributed by atoms with Crippen LogP contribution in [0.4, 0.5) is 4.39 Å². The van der Waals surface area contributed by atoms with Crippen LogP contribution in [0.5, 0.6) is 0 Å². The van der Waals surface area contributed by atoms with Crippen molar-refractivity contribution in [1.82, 2.24) is 10.0 Å². The lowest BCUT2D eigenvalue weighted by Crippen LogP contribution is -2.35. The van der Waals surface area contributed by atoms with Gasteiger partial charge in [0.05, 0.1) is 10.5 Å². The van der Waals surface area contributed by atoms with E-state index in [-0.39, 0.29) is 23.9 Å². The normalized spacial score (nSPS) is 11.2. The van der Waals surface area contributed by atoms with Crippen LogP contribution in [0.25, 0.3) is 0 Å². The van der Waals surface area contributed by atoms with E-state index in [1.165, 1.54) is 30.3 Å². The average Bonchev–Trinajstić information content (AvgIpc) is 2.52. The largest absolute Gasteiger partial charge is 0.351 e. The predicted molar refractivity (Wildman–Crippen MR) is 93.1 cm³/mol. The van der Waals surface area contributed by atoms with Gasteiger partial charge in [0.25, 0.3) is 5.91 Å². The van der Waals surface area contributed by atoms with Crippen molar-refractivity contribution in [3.8, 4) is 0 Å². The first-order valence-corrected chi connectivity index (χ1v) is 9.24. The molecule has 2 aromatic rings. The van der Waals surface area contributed by atoms with Crippen molar-refractivity contribution in [1.29, 1.82) is 0 Å². The van der Waals surface area contributed by atoms with Crippen molar-refractivity contribution in [2.45, 2.75) is 4.90 Å². The number of benzene rings is 2.